The van der Waals surface area contributed by atoms with Gasteiger partial charge in [-0.05, 0) is 42.3 Å². The third-order valence-electron chi connectivity index (χ3n) is 5.42. The minimum Gasteiger partial charge on any atom is -0.497 e. The van der Waals surface area contributed by atoms with Crippen molar-refractivity contribution in [3.63, 3.8) is 0 Å². The van der Waals surface area contributed by atoms with Crippen molar-refractivity contribution in [2.75, 3.05) is 12.0 Å². The second-order valence-electron chi connectivity index (χ2n) is 8.01. The maximum Gasteiger partial charge on any atom is 0.329 e. The van der Waals surface area contributed by atoms with E-state index in [1.807, 2.05) is 38.1 Å². The summed E-state index contributed by atoms with van der Waals surface area (Å²) in [6, 6.07) is 12.3. The Bertz CT molecular complexity index is 1120. The average molecular weight is 435 g/mol. The number of carbonyl (C=O) groups is 3. The van der Waals surface area contributed by atoms with Crippen LogP contribution in [0, 0.1) is 5.92 Å². The summed E-state index contributed by atoms with van der Waals surface area (Å²) in [6.45, 7) is 3.96. The highest BCUT2D eigenvalue weighted by molar-refractivity contribution is 6.22. The number of methoxy groups -OCH3 is 1. The number of carbonyl (C=O) groups excluding carboxylic acids is 3. The first kappa shape index (κ1) is 21.4. The number of nitrogens with one attached hydrogen (secondary N) is 3. The van der Waals surface area contributed by atoms with Gasteiger partial charge in [0.2, 0.25) is 5.91 Å². The van der Waals surface area contributed by atoms with Crippen LogP contribution in [-0.4, -0.2) is 41.0 Å². The molecule has 9 nitrogen and oxygen atoms in total. The number of amides is 4. The molecule has 0 unspecified atom stereocenters. The molecule has 4 rings (SSSR count). The summed E-state index contributed by atoms with van der Waals surface area (Å²) in [7, 11) is 1.53. The van der Waals surface area contributed by atoms with E-state index < -0.39 is 18.0 Å². The Morgan fingerprint density at radius 3 is 2.53 bits per heavy atom. The minimum atomic E-state index is -0.937. The molecule has 9 heteroatoms. The van der Waals surface area contributed by atoms with E-state index in [-0.39, 0.29) is 24.3 Å². The molecule has 2 aromatic carbocycles. The molecule has 0 bridgehead atoms. The van der Waals surface area contributed by atoms with E-state index in [4.69, 9.17) is 4.74 Å². The highest BCUT2D eigenvalue weighted by atomic mass is 16.5. The second-order valence-corrected chi connectivity index (χ2v) is 8.01. The van der Waals surface area contributed by atoms with Gasteiger partial charge in [-0.1, -0.05) is 26.0 Å². The van der Waals surface area contributed by atoms with Crippen LogP contribution in [0.25, 0.3) is 11.0 Å². The standard InChI is InChI=1S/C23H25N5O4/c1-13(2)20(21-24-16-6-4-5-7-17(16)25-21)27-19(29)12-18-22(30)28(23(31)26-18)14-8-10-15(32-3)11-9-14/h4-11,13,18,20H,12H2,1-3H3,(H,24,25)(H,26,31)(H,27,29)/t18-,20-/m0/s1. The molecule has 0 radical (unpaired) electrons. The number of hydrogen-bond acceptors (Lipinski definition) is 5. The van der Waals surface area contributed by atoms with Gasteiger partial charge < -0.3 is 20.4 Å². The van der Waals surface area contributed by atoms with Gasteiger partial charge in [-0.3, -0.25) is 9.59 Å². The van der Waals surface area contributed by atoms with Gasteiger partial charge in [0.05, 0.1) is 36.3 Å². The molecule has 4 amide bonds. The molecule has 1 saturated heterocycles. The molecule has 3 N–H and O–H groups in total. The van der Waals surface area contributed by atoms with Crippen molar-refractivity contribution in [3.05, 3.63) is 54.4 Å². The zero-order valence-electron chi connectivity index (χ0n) is 18.1. The van der Waals surface area contributed by atoms with Gasteiger partial charge in [-0.25, -0.2) is 14.7 Å². The molecule has 0 aliphatic carbocycles. The Hall–Kier alpha value is -3.88. The maximum absolute atomic E-state index is 12.8. The molecular formula is C23H25N5O4. The minimum absolute atomic E-state index is 0.0594. The van der Waals surface area contributed by atoms with E-state index in [2.05, 4.69) is 20.6 Å². The second kappa shape index (κ2) is 8.70. The average Bonchev–Trinajstić information content (AvgIpc) is 3.32. The van der Waals surface area contributed by atoms with Crippen molar-refractivity contribution in [1.29, 1.82) is 0 Å². The molecule has 32 heavy (non-hydrogen) atoms. The first-order chi connectivity index (χ1) is 15.4. The van der Waals surface area contributed by atoms with Crippen LogP contribution in [0.5, 0.6) is 5.75 Å². The van der Waals surface area contributed by atoms with E-state index in [1.54, 1.807) is 24.3 Å². The number of anilines is 1. The van der Waals surface area contributed by atoms with Crippen molar-refractivity contribution in [1.82, 2.24) is 20.6 Å². The smallest absolute Gasteiger partial charge is 0.329 e. The summed E-state index contributed by atoms with van der Waals surface area (Å²) >= 11 is 0. The summed E-state index contributed by atoms with van der Waals surface area (Å²) < 4.78 is 5.11. The quantitative estimate of drug-likeness (QED) is 0.494. The number of imide groups is 1. The molecule has 1 aliphatic heterocycles. The van der Waals surface area contributed by atoms with Gasteiger partial charge in [0.25, 0.3) is 5.91 Å². The number of para-hydroxylation sites is 2. The topological polar surface area (TPSA) is 116 Å². The normalized spacial score (nSPS) is 17.0. The number of fused-ring (bicyclic) bond motifs is 1. The summed E-state index contributed by atoms with van der Waals surface area (Å²) in [4.78, 5) is 46.9. The molecule has 2 atom stereocenters. The largest absolute Gasteiger partial charge is 0.497 e. The van der Waals surface area contributed by atoms with E-state index in [1.165, 1.54) is 7.11 Å². The lowest BCUT2D eigenvalue weighted by Crippen LogP contribution is -2.39. The molecular weight excluding hydrogens is 410 g/mol. The summed E-state index contributed by atoms with van der Waals surface area (Å²) in [5.74, 6) is 0.502. The Balaban J connectivity index is 1.45. The fourth-order valence-corrected chi connectivity index (χ4v) is 3.73. The molecule has 2 heterocycles. The Labute approximate surface area is 185 Å². The maximum atomic E-state index is 12.8. The first-order valence-electron chi connectivity index (χ1n) is 10.4. The first-order valence-corrected chi connectivity index (χ1v) is 10.4. The van der Waals surface area contributed by atoms with Crippen LogP contribution in [0.1, 0.15) is 32.1 Å². The van der Waals surface area contributed by atoms with Crippen LogP contribution in [0.4, 0.5) is 10.5 Å². The van der Waals surface area contributed by atoms with E-state index in [9.17, 15) is 14.4 Å². The van der Waals surface area contributed by atoms with Crippen LogP contribution >= 0.6 is 0 Å². The van der Waals surface area contributed by atoms with Crippen LogP contribution < -0.4 is 20.3 Å². The van der Waals surface area contributed by atoms with Gasteiger partial charge in [0, 0.05) is 0 Å². The lowest BCUT2D eigenvalue weighted by atomic mass is 10.0. The SMILES string of the molecule is COc1ccc(N2C(=O)N[C@@H](CC(=O)N[C@H](c3nc4ccccc4[nH]3)C(C)C)C2=O)cc1. The number of aromatic nitrogens is 2. The molecule has 0 spiro atoms. The molecule has 166 valence electrons. The van der Waals surface area contributed by atoms with Crippen molar-refractivity contribution in [3.8, 4) is 5.75 Å². The van der Waals surface area contributed by atoms with E-state index in [0.717, 1.165) is 15.9 Å². The third kappa shape index (κ3) is 4.14. The number of ether oxygens (including phenoxy) is 1. The lowest BCUT2D eigenvalue weighted by Gasteiger charge is -2.21. The zero-order chi connectivity index (χ0) is 22.8. The Morgan fingerprint density at radius 1 is 1.16 bits per heavy atom. The molecule has 1 aromatic heterocycles. The number of aromatic amines is 1. The van der Waals surface area contributed by atoms with Gasteiger partial charge in [0.1, 0.15) is 17.6 Å². The Kier molecular flexibility index (Phi) is 5.81. The third-order valence-corrected chi connectivity index (χ3v) is 5.42. The van der Waals surface area contributed by atoms with Crippen LogP contribution in [-0.2, 0) is 9.59 Å². The lowest BCUT2D eigenvalue weighted by molar-refractivity contribution is -0.126. The molecule has 3 aromatic rings. The predicted octanol–water partition coefficient (Wildman–Crippen LogP) is 2.90. The van der Waals surface area contributed by atoms with Crippen LogP contribution in [0.15, 0.2) is 48.5 Å². The highest BCUT2D eigenvalue weighted by Crippen LogP contribution is 2.25. The Morgan fingerprint density at radius 2 is 1.88 bits per heavy atom. The van der Waals surface area contributed by atoms with Gasteiger partial charge in [-0.15, -0.1) is 0 Å². The fourth-order valence-electron chi connectivity index (χ4n) is 3.73. The van der Waals surface area contributed by atoms with Crippen LogP contribution in [0.2, 0.25) is 0 Å². The molecule has 1 aliphatic rings. The number of rotatable bonds is 7. The van der Waals surface area contributed by atoms with Crippen LogP contribution in [0.3, 0.4) is 0 Å². The summed E-state index contributed by atoms with van der Waals surface area (Å²) in [5, 5.41) is 5.55. The van der Waals surface area contributed by atoms with Crippen molar-refractivity contribution in [2.45, 2.75) is 32.4 Å². The number of nitrogens with zero attached hydrogens (tertiary/aromatic N) is 2. The monoisotopic (exact) mass is 435 g/mol. The molecule has 0 saturated carbocycles. The van der Waals surface area contributed by atoms with Gasteiger partial charge >= 0.3 is 6.03 Å². The van der Waals surface area contributed by atoms with E-state index >= 15 is 0 Å². The zero-order valence-corrected chi connectivity index (χ0v) is 18.1. The number of hydrogen-bond donors (Lipinski definition) is 3. The summed E-state index contributed by atoms with van der Waals surface area (Å²) in [6.07, 6.45) is -0.166. The van der Waals surface area contributed by atoms with Crippen molar-refractivity contribution < 1.29 is 19.1 Å². The van der Waals surface area contributed by atoms with Crippen molar-refractivity contribution >= 4 is 34.6 Å². The number of urea groups is 1. The predicted molar refractivity (Wildman–Crippen MR) is 119 cm³/mol. The fraction of sp³-hybridized carbons (Fsp3) is 0.304. The summed E-state index contributed by atoms with van der Waals surface area (Å²) in [5.41, 5.74) is 2.12. The number of benzene rings is 2. The molecule has 1 fully saturated rings. The van der Waals surface area contributed by atoms with Gasteiger partial charge in [0.15, 0.2) is 0 Å². The highest BCUT2D eigenvalue weighted by Gasteiger charge is 2.40. The number of H-pyrrole nitrogens is 1. The van der Waals surface area contributed by atoms with E-state index in [0.29, 0.717) is 17.3 Å². The van der Waals surface area contributed by atoms with Crippen molar-refractivity contribution in [2.24, 2.45) is 5.92 Å². The number of imidazole rings is 1. The van der Waals surface area contributed by atoms with Gasteiger partial charge in [-0.2, -0.15) is 0 Å².